The van der Waals surface area contributed by atoms with Gasteiger partial charge in [0.2, 0.25) is 0 Å². The Labute approximate surface area is 94.3 Å². The maximum Gasteiger partial charge on any atom is 0.152 e. The Morgan fingerprint density at radius 2 is 2.19 bits per heavy atom. The van der Waals surface area contributed by atoms with Crippen LogP contribution in [0.4, 0.5) is 0 Å². The second-order valence-corrected chi connectivity index (χ2v) is 3.79. The van der Waals surface area contributed by atoms with E-state index in [4.69, 9.17) is 0 Å². The summed E-state index contributed by atoms with van der Waals surface area (Å²) in [6.45, 7) is 3.43. The van der Waals surface area contributed by atoms with Crippen LogP contribution in [0.5, 0.6) is 0 Å². The van der Waals surface area contributed by atoms with E-state index in [1.807, 2.05) is 42.7 Å². The lowest BCUT2D eigenvalue weighted by Gasteiger charge is -2.01. The molecule has 2 aromatic rings. The molecule has 0 unspecified atom stereocenters. The minimum atomic E-state index is 0.702. The van der Waals surface area contributed by atoms with E-state index in [0.29, 0.717) is 6.54 Å². The van der Waals surface area contributed by atoms with Crippen molar-refractivity contribution in [3.05, 3.63) is 29.9 Å². The van der Waals surface area contributed by atoms with Crippen LogP contribution in [0.1, 0.15) is 17.3 Å². The average molecular weight is 220 g/mol. The monoisotopic (exact) mass is 220 g/mol. The fourth-order valence-corrected chi connectivity index (χ4v) is 1.52. The van der Waals surface area contributed by atoms with Crippen molar-refractivity contribution in [1.29, 1.82) is 0 Å². The molecule has 0 amide bonds. The van der Waals surface area contributed by atoms with Gasteiger partial charge in [-0.3, -0.25) is 0 Å². The van der Waals surface area contributed by atoms with Gasteiger partial charge in [-0.1, -0.05) is 0 Å². The maximum atomic E-state index is 4.28. The van der Waals surface area contributed by atoms with E-state index in [1.165, 1.54) is 0 Å². The Balaban J connectivity index is 2.11. The second-order valence-electron chi connectivity index (χ2n) is 3.79. The average Bonchev–Trinajstić information content (AvgIpc) is 2.82. The van der Waals surface area contributed by atoms with E-state index < -0.39 is 0 Å². The molecule has 0 aromatic carbocycles. The van der Waals surface area contributed by atoms with Gasteiger partial charge in [0, 0.05) is 19.8 Å². The highest BCUT2D eigenvalue weighted by atomic mass is 15.3. The largest absolute Gasteiger partial charge is 0.329 e. The Hall–Kier alpha value is -1.69. The molecule has 0 aliphatic carbocycles. The molecule has 0 spiro atoms. The van der Waals surface area contributed by atoms with Gasteiger partial charge in [-0.25, -0.2) is 4.98 Å². The van der Waals surface area contributed by atoms with Gasteiger partial charge in [0.15, 0.2) is 5.82 Å². The van der Waals surface area contributed by atoms with Gasteiger partial charge < -0.3 is 14.5 Å². The first-order valence-corrected chi connectivity index (χ1v) is 5.21. The van der Waals surface area contributed by atoms with Crippen LogP contribution in [0.25, 0.3) is 0 Å². The van der Waals surface area contributed by atoms with E-state index in [1.54, 1.807) is 0 Å². The molecule has 0 aliphatic rings. The molecule has 16 heavy (non-hydrogen) atoms. The van der Waals surface area contributed by atoms with Crippen LogP contribution in [0, 0.1) is 6.92 Å². The Bertz CT molecular complexity index is 469. The third-order valence-electron chi connectivity index (χ3n) is 2.55. The van der Waals surface area contributed by atoms with Gasteiger partial charge in [0.25, 0.3) is 0 Å². The smallest absolute Gasteiger partial charge is 0.152 e. The molecular weight excluding hydrogens is 204 g/mol. The van der Waals surface area contributed by atoms with Gasteiger partial charge >= 0.3 is 0 Å². The highest BCUT2D eigenvalue weighted by molar-refractivity contribution is 5.00. The topological polar surface area (TPSA) is 60.6 Å². The van der Waals surface area contributed by atoms with Crippen molar-refractivity contribution in [2.75, 3.05) is 7.05 Å². The van der Waals surface area contributed by atoms with Crippen LogP contribution in [0.15, 0.2) is 12.5 Å². The molecule has 0 radical (unpaired) electrons. The molecule has 2 heterocycles. The Morgan fingerprint density at radius 3 is 2.81 bits per heavy atom. The minimum Gasteiger partial charge on any atom is -0.329 e. The number of imidazole rings is 1. The summed E-state index contributed by atoms with van der Waals surface area (Å²) in [5.41, 5.74) is 1.03. The Kier molecular flexibility index (Phi) is 3.00. The van der Waals surface area contributed by atoms with E-state index in [0.717, 1.165) is 23.9 Å². The third kappa shape index (κ3) is 2.11. The fraction of sp³-hybridized carbons (Fsp3) is 0.500. The molecule has 0 bridgehead atoms. The van der Waals surface area contributed by atoms with Crippen molar-refractivity contribution in [1.82, 2.24) is 29.6 Å². The predicted molar refractivity (Wildman–Crippen MR) is 59.8 cm³/mol. The van der Waals surface area contributed by atoms with Crippen molar-refractivity contribution >= 4 is 0 Å². The molecule has 6 heteroatoms. The lowest BCUT2D eigenvalue weighted by Crippen LogP contribution is -2.06. The molecule has 0 aliphatic heterocycles. The molecule has 0 saturated heterocycles. The lowest BCUT2D eigenvalue weighted by molar-refractivity contribution is 0.689. The van der Waals surface area contributed by atoms with Crippen LogP contribution >= 0.6 is 0 Å². The standard InChI is InChI=1S/C10H16N6/c1-8-13-14-10(15(8)3)6-16-5-9(4-11-2)12-7-16/h5,7,11H,4,6H2,1-3H3. The number of aryl methyl sites for hydroxylation is 1. The number of nitrogens with zero attached hydrogens (tertiary/aromatic N) is 5. The van der Waals surface area contributed by atoms with Crippen molar-refractivity contribution in [2.24, 2.45) is 7.05 Å². The third-order valence-corrected chi connectivity index (χ3v) is 2.55. The first kappa shape index (κ1) is 10.8. The molecule has 0 saturated carbocycles. The number of nitrogens with one attached hydrogen (secondary N) is 1. The zero-order valence-corrected chi connectivity index (χ0v) is 9.80. The van der Waals surface area contributed by atoms with Crippen LogP contribution in [-0.4, -0.2) is 31.4 Å². The van der Waals surface area contributed by atoms with Crippen LogP contribution in [0.2, 0.25) is 0 Å². The molecule has 2 rings (SSSR count). The summed E-state index contributed by atoms with van der Waals surface area (Å²) >= 11 is 0. The van der Waals surface area contributed by atoms with E-state index >= 15 is 0 Å². The summed E-state index contributed by atoms with van der Waals surface area (Å²) in [5, 5.41) is 11.2. The summed E-state index contributed by atoms with van der Waals surface area (Å²) in [7, 11) is 3.88. The maximum absolute atomic E-state index is 4.28. The first-order chi connectivity index (χ1) is 7.70. The number of hydrogen-bond donors (Lipinski definition) is 1. The van der Waals surface area contributed by atoms with Crippen molar-refractivity contribution in [2.45, 2.75) is 20.0 Å². The highest BCUT2D eigenvalue weighted by Gasteiger charge is 2.06. The number of hydrogen-bond acceptors (Lipinski definition) is 4. The molecule has 1 N–H and O–H groups in total. The van der Waals surface area contributed by atoms with Crippen LogP contribution in [0.3, 0.4) is 0 Å². The summed E-state index contributed by atoms with van der Waals surface area (Å²) in [6, 6.07) is 0. The van der Waals surface area contributed by atoms with E-state index in [9.17, 15) is 0 Å². The molecule has 86 valence electrons. The van der Waals surface area contributed by atoms with Gasteiger partial charge in [-0.15, -0.1) is 10.2 Å². The normalized spacial score (nSPS) is 10.9. The van der Waals surface area contributed by atoms with Crippen molar-refractivity contribution < 1.29 is 0 Å². The molecule has 2 aromatic heterocycles. The summed E-state index contributed by atoms with van der Waals surface area (Å²) in [5.74, 6) is 1.86. The SMILES string of the molecule is CNCc1cn(Cc2nnc(C)n2C)cn1. The zero-order valence-electron chi connectivity index (χ0n) is 9.80. The quantitative estimate of drug-likeness (QED) is 0.793. The lowest BCUT2D eigenvalue weighted by atomic mass is 10.5. The van der Waals surface area contributed by atoms with Crippen LogP contribution < -0.4 is 5.32 Å². The Morgan fingerprint density at radius 1 is 1.38 bits per heavy atom. The second kappa shape index (κ2) is 4.44. The molecule has 0 fully saturated rings. The van der Waals surface area contributed by atoms with Gasteiger partial charge in [-0.05, 0) is 14.0 Å². The summed E-state index contributed by atoms with van der Waals surface area (Å²) in [6.07, 6.45) is 3.83. The van der Waals surface area contributed by atoms with Gasteiger partial charge in [-0.2, -0.15) is 0 Å². The van der Waals surface area contributed by atoms with Gasteiger partial charge in [0.1, 0.15) is 5.82 Å². The van der Waals surface area contributed by atoms with E-state index in [2.05, 4.69) is 20.5 Å². The minimum absolute atomic E-state index is 0.702. The first-order valence-electron chi connectivity index (χ1n) is 5.21. The number of rotatable bonds is 4. The summed E-state index contributed by atoms with van der Waals surface area (Å²) < 4.78 is 3.99. The fourth-order valence-electron chi connectivity index (χ4n) is 1.52. The molecule has 0 atom stereocenters. The predicted octanol–water partition coefficient (Wildman–Crippen LogP) is 0.0877. The van der Waals surface area contributed by atoms with Crippen LogP contribution in [-0.2, 0) is 20.1 Å². The van der Waals surface area contributed by atoms with Crippen molar-refractivity contribution in [3.8, 4) is 0 Å². The molecular formula is C10H16N6. The van der Waals surface area contributed by atoms with E-state index in [-0.39, 0.29) is 0 Å². The zero-order chi connectivity index (χ0) is 11.5. The number of aromatic nitrogens is 5. The van der Waals surface area contributed by atoms with Gasteiger partial charge in [0.05, 0.1) is 18.6 Å². The summed E-state index contributed by atoms with van der Waals surface area (Å²) in [4.78, 5) is 4.28. The van der Waals surface area contributed by atoms with Crippen molar-refractivity contribution in [3.63, 3.8) is 0 Å². The highest BCUT2D eigenvalue weighted by Crippen LogP contribution is 2.02. The molecule has 6 nitrogen and oxygen atoms in total.